The summed E-state index contributed by atoms with van der Waals surface area (Å²) in [6, 6.07) is 2.18. The summed E-state index contributed by atoms with van der Waals surface area (Å²) in [5.41, 5.74) is 0.0451. The Balaban J connectivity index is 3.39. The van der Waals surface area contributed by atoms with Crippen molar-refractivity contribution in [3.63, 3.8) is 0 Å². The highest BCUT2D eigenvalue weighted by atomic mass is 32.2. The van der Waals surface area contributed by atoms with E-state index in [1.54, 1.807) is 20.8 Å². The fourth-order valence-corrected chi connectivity index (χ4v) is 1.61. The molecule has 84 valence electrons. The first-order valence-electron chi connectivity index (χ1n) is 4.34. The summed E-state index contributed by atoms with van der Waals surface area (Å²) in [5, 5.41) is 0. The molecule has 0 aliphatic rings. The molecule has 0 saturated carbocycles. The van der Waals surface area contributed by atoms with Crippen LogP contribution in [0.4, 0.5) is 8.78 Å². The van der Waals surface area contributed by atoms with Crippen molar-refractivity contribution < 1.29 is 17.5 Å². The Morgan fingerprint density at radius 3 is 1.87 bits per heavy atom. The predicted molar refractivity (Wildman–Crippen MR) is 54.1 cm³/mol. The van der Waals surface area contributed by atoms with Crippen molar-refractivity contribution in [2.75, 3.05) is 0 Å². The zero-order chi connectivity index (χ0) is 11.8. The molecule has 1 N–H and O–H groups in total. The minimum absolute atomic E-state index is 0.406. The average Bonchev–Trinajstić information content (AvgIpc) is 1.99. The summed E-state index contributed by atoms with van der Waals surface area (Å²) in [6.07, 6.45) is 0. The van der Waals surface area contributed by atoms with E-state index in [0.29, 0.717) is 5.56 Å². The molecule has 0 spiro atoms. The van der Waals surface area contributed by atoms with E-state index in [1.165, 1.54) is 0 Å². The number of hydrogen-bond donors (Lipinski definition) is 1. The molecule has 0 bridgehead atoms. The number of rotatable bonds is 1. The van der Waals surface area contributed by atoms with Gasteiger partial charge in [-0.05, 0) is 23.1 Å². The van der Waals surface area contributed by atoms with Crippen LogP contribution in [0.15, 0.2) is 17.0 Å². The molecule has 0 aliphatic carbocycles. The van der Waals surface area contributed by atoms with Crippen molar-refractivity contribution in [2.45, 2.75) is 31.1 Å². The first-order valence-corrected chi connectivity index (χ1v) is 5.44. The van der Waals surface area contributed by atoms with Gasteiger partial charge in [0.1, 0.15) is 16.5 Å². The molecule has 1 aromatic rings. The molecule has 0 fully saturated rings. The van der Waals surface area contributed by atoms with Gasteiger partial charge in [0.05, 0.1) is 0 Å². The van der Waals surface area contributed by atoms with Gasteiger partial charge < -0.3 is 4.55 Å². The van der Waals surface area contributed by atoms with E-state index in [0.717, 1.165) is 12.1 Å². The van der Waals surface area contributed by atoms with Crippen molar-refractivity contribution in [1.29, 1.82) is 0 Å². The van der Waals surface area contributed by atoms with E-state index in [4.69, 9.17) is 4.55 Å². The van der Waals surface area contributed by atoms with Gasteiger partial charge in [0.15, 0.2) is 11.1 Å². The van der Waals surface area contributed by atoms with Crippen molar-refractivity contribution in [3.8, 4) is 0 Å². The third kappa shape index (κ3) is 2.60. The van der Waals surface area contributed by atoms with E-state index < -0.39 is 33.0 Å². The SMILES string of the molecule is CC(C)(C)c1cc(F)c(S(=O)O)c(F)c1. The van der Waals surface area contributed by atoms with Crippen LogP contribution < -0.4 is 0 Å². The van der Waals surface area contributed by atoms with Gasteiger partial charge in [0.25, 0.3) is 0 Å². The first-order chi connectivity index (χ1) is 6.73. The highest BCUT2D eigenvalue weighted by molar-refractivity contribution is 7.79. The van der Waals surface area contributed by atoms with Crippen molar-refractivity contribution in [2.24, 2.45) is 0 Å². The quantitative estimate of drug-likeness (QED) is 0.759. The molecule has 15 heavy (non-hydrogen) atoms. The van der Waals surface area contributed by atoms with E-state index in [-0.39, 0.29) is 0 Å². The molecule has 0 saturated heterocycles. The van der Waals surface area contributed by atoms with Gasteiger partial charge in [-0.2, -0.15) is 0 Å². The molecule has 1 unspecified atom stereocenters. The average molecular weight is 234 g/mol. The molecular weight excluding hydrogens is 222 g/mol. The van der Waals surface area contributed by atoms with Crippen LogP contribution in [-0.4, -0.2) is 8.76 Å². The summed E-state index contributed by atoms with van der Waals surface area (Å²) >= 11 is -2.64. The maximum Gasteiger partial charge on any atom is 0.192 e. The molecule has 0 amide bonds. The summed E-state index contributed by atoms with van der Waals surface area (Å²) < 4.78 is 45.9. The normalized spacial score (nSPS) is 14.0. The van der Waals surface area contributed by atoms with Gasteiger partial charge in [0.2, 0.25) is 0 Å². The number of benzene rings is 1. The summed E-state index contributed by atoms with van der Waals surface area (Å²) in [4.78, 5) is -0.789. The van der Waals surface area contributed by atoms with Gasteiger partial charge in [-0.15, -0.1) is 0 Å². The Hall–Kier alpha value is -0.810. The predicted octanol–water partition coefficient (Wildman–Crippen LogP) is 2.84. The lowest BCUT2D eigenvalue weighted by Gasteiger charge is -2.19. The van der Waals surface area contributed by atoms with E-state index in [9.17, 15) is 13.0 Å². The highest BCUT2D eigenvalue weighted by Crippen LogP contribution is 2.27. The smallest absolute Gasteiger partial charge is 0.192 e. The van der Waals surface area contributed by atoms with Crippen LogP contribution in [0.3, 0.4) is 0 Å². The van der Waals surface area contributed by atoms with E-state index >= 15 is 0 Å². The van der Waals surface area contributed by atoms with Crippen molar-refractivity contribution in [3.05, 3.63) is 29.3 Å². The van der Waals surface area contributed by atoms with Crippen LogP contribution in [0.2, 0.25) is 0 Å². The van der Waals surface area contributed by atoms with Gasteiger partial charge in [-0.1, -0.05) is 20.8 Å². The third-order valence-corrected chi connectivity index (χ3v) is 2.78. The molecule has 0 radical (unpaired) electrons. The van der Waals surface area contributed by atoms with Crippen LogP contribution in [0.25, 0.3) is 0 Å². The monoisotopic (exact) mass is 234 g/mol. The Labute approximate surface area is 89.6 Å². The lowest BCUT2D eigenvalue weighted by molar-refractivity contribution is 0.494. The summed E-state index contributed by atoms with van der Waals surface area (Å²) in [6.45, 7) is 5.41. The molecular formula is C10H12F2O2S. The minimum Gasteiger partial charge on any atom is -0.302 e. The Kier molecular flexibility index (Phi) is 3.25. The lowest BCUT2D eigenvalue weighted by Crippen LogP contribution is -2.13. The summed E-state index contributed by atoms with van der Waals surface area (Å²) in [7, 11) is 0. The second-order valence-corrected chi connectivity index (χ2v) is 5.17. The van der Waals surface area contributed by atoms with Crippen LogP contribution in [0.1, 0.15) is 26.3 Å². The molecule has 1 rings (SSSR count). The molecule has 0 aromatic heterocycles. The Morgan fingerprint density at radius 2 is 1.60 bits per heavy atom. The van der Waals surface area contributed by atoms with Gasteiger partial charge in [-0.3, -0.25) is 0 Å². The van der Waals surface area contributed by atoms with Crippen LogP contribution in [0, 0.1) is 11.6 Å². The zero-order valence-corrected chi connectivity index (χ0v) is 9.49. The highest BCUT2D eigenvalue weighted by Gasteiger charge is 2.21. The molecule has 0 aliphatic heterocycles. The molecule has 2 nitrogen and oxygen atoms in total. The Bertz CT molecular complexity index is 387. The number of halogens is 2. The number of hydrogen-bond acceptors (Lipinski definition) is 1. The lowest BCUT2D eigenvalue weighted by atomic mass is 9.87. The van der Waals surface area contributed by atoms with E-state index in [2.05, 4.69) is 0 Å². The molecule has 5 heteroatoms. The maximum absolute atomic E-state index is 13.3. The van der Waals surface area contributed by atoms with Crippen molar-refractivity contribution >= 4 is 11.1 Å². The first kappa shape index (κ1) is 12.3. The molecule has 1 atom stereocenters. The standard InChI is InChI=1S/C10H12F2O2S/c1-10(2,3)6-4-7(11)9(15(13)14)8(12)5-6/h4-5H,1-3H3,(H,13,14). The molecule has 0 heterocycles. The minimum atomic E-state index is -2.64. The van der Waals surface area contributed by atoms with Gasteiger partial charge in [0, 0.05) is 0 Å². The Morgan fingerprint density at radius 1 is 1.20 bits per heavy atom. The maximum atomic E-state index is 13.3. The second-order valence-electron chi connectivity index (χ2n) is 4.27. The van der Waals surface area contributed by atoms with Gasteiger partial charge >= 0.3 is 0 Å². The fraction of sp³-hybridized carbons (Fsp3) is 0.400. The van der Waals surface area contributed by atoms with E-state index in [1.807, 2.05) is 0 Å². The largest absolute Gasteiger partial charge is 0.302 e. The molecule has 1 aromatic carbocycles. The fourth-order valence-electron chi connectivity index (χ4n) is 1.16. The third-order valence-electron chi connectivity index (χ3n) is 2.04. The van der Waals surface area contributed by atoms with Crippen LogP contribution >= 0.6 is 0 Å². The van der Waals surface area contributed by atoms with Crippen LogP contribution in [0.5, 0.6) is 0 Å². The second kappa shape index (κ2) is 3.98. The zero-order valence-electron chi connectivity index (χ0n) is 8.67. The van der Waals surface area contributed by atoms with Crippen LogP contribution in [-0.2, 0) is 16.5 Å². The summed E-state index contributed by atoms with van der Waals surface area (Å²) in [5.74, 6) is -1.97. The van der Waals surface area contributed by atoms with Gasteiger partial charge in [-0.25, -0.2) is 13.0 Å². The topological polar surface area (TPSA) is 37.3 Å². The van der Waals surface area contributed by atoms with Crippen molar-refractivity contribution in [1.82, 2.24) is 0 Å².